The van der Waals surface area contributed by atoms with Gasteiger partial charge in [-0.05, 0) is 42.5 Å². The summed E-state index contributed by atoms with van der Waals surface area (Å²) in [6.07, 6.45) is 3.26. The van der Waals surface area contributed by atoms with Crippen molar-refractivity contribution in [1.29, 1.82) is 5.26 Å². The van der Waals surface area contributed by atoms with Crippen molar-refractivity contribution in [2.75, 3.05) is 26.2 Å². The molecule has 29 heavy (non-hydrogen) atoms. The average Bonchev–Trinajstić information content (AvgIpc) is 3.31. The molecule has 0 atom stereocenters. The molecule has 7 heteroatoms. The van der Waals surface area contributed by atoms with Crippen molar-refractivity contribution < 1.29 is 0 Å². The van der Waals surface area contributed by atoms with Gasteiger partial charge in [-0.15, -0.1) is 11.3 Å². The number of aromatic nitrogens is 2. The fourth-order valence-corrected chi connectivity index (χ4v) is 5.66. The molecule has 2 aromatic heterocycles. The van der Waals surface area contributed by atoms with Gasteiger partial charge < -0.3 is 4.98 Å². The zero-order chi connectivity index (χ0) is 19.8. The van der Waals surface area contributed by atoms with Gasteiger partial charge in [-0.2, -0.15) is 5.26 Å². The predicted molar refractivity (Wildman–Crippen MR) is 114 cm³/mol. The molecule has 0 amide bonds. The molecule has 0 unspecified atom stereocenters. The molecule has 1 aliphatic carbocycles. The number of H-pyrrole nitrogens is 1. The van der Waals surface area contributed by atoms with Gasteiger partial charge in [-0.1, -0.05) is 12.1 Å². The molecule has 0 bridgehead atoms. The third kappa shape index (κ3) is 3.71. The van der Waals surface area contributed by atoms with E-state index in [1.807, 2.05) is 24.3 Å². The van der Waals surface area contributed by atoms with Crippen molar-refractivity contribution in [3.8, 4) is 6.07 Å². The van der Waals surface area contributed by atoms with Crippen LogP contribution in [0.1, 0.15) is 33.8 Å². The number of benzene rings is 1. The Morgan fingerprint density at radius 2 is 1.79 bits per heavy atom. The molecule has 6 nitrogen and oxygen atoms in total. The van der Waals surface area contributed by atoms with Gasteiger partial charge in [0, 0.05) is 37.6 Å². The summed E-state index contributed by atoms with van der Waals surface area (Å²) in [6, 6.07) is 9.99. The van der Waals surface area contributed by atoms with Crippen LogP contribution in [0.3, 0.4) is 0 Å². The van der Waals surface area contributed by atoms with E-state index in [0.717, 1.165) is 68.0 Å². The molecule has 3 aromatic rings. The van der Waals surface area contributed by atoms with Crippen LogP contribution in [0.4, 0.5) is 0 Å². The van der Waals surface area contributed by atoms with Crippen LogP contribution in [0.15, 0.2) is 29.1 Å². The third-order valence-corrected chi connectivity index (χ3v) is 7.14. The van der Waals surface area contributed by atoms with Gasteiger partial charge in [-0.3, -0.25) is 14.6 Å². The van der Waals surface area contributed by atoms with Crippen LogP contribution in [0.25, 0.3) is 10.2 Å². The van der Waals surface area contributed by atoms with E-state index < -0.39 is 0 Å². The van der Waals surface area contributed by atoms with Crippen molar-refractivity contribution in [3.05, 3.63) is 62.0 Å². The summed E-state index contributed by atoms with van der Waals surface area (Å²) in [5.74, 6) is 0.781. The quantitative estimate of drug-likeness (QED) is 0.722. The van der Waals surface area contributed by atoms with E-state index in [1.165, 1.54) is 16.0 Å². The lowest BCUT2D eigenvalue weighted by Crippen LogP contribution is -2.45. The van der Waals surface area contributed by atoms with Gasteiger partial charge in [-0.25, -0.2) is 4.98 Å². The van der Waals surface area contributed by atoms with Crippen LogP contribution >= 0.6 is 11.3 Å². The number of hydrogen-bond acceptors (Lipinski definition) is 6. The van der Waals surface area contributed by atoms with Crippen LogP contribution in [0, 0.1) is 11.3 Å². The Labute approximate surface area is 173 Å². The molecule has 0 radical (unpaired) electrons. The van der Waals surface area contributed by atoms with Crippen LogP contribution in [-0.4, -0.2) is 45.9 Å². The van der Waals surface area contributed by atoms with Gasteiger partial charge in [0.05, 0.1) is 23.6 Å². The first-order valence-electron chi connectivity index (χ1n) is 10.2. The molecular weight excluding hydrogens is 382 g/mol. The maximum absolute atomic E-state index is 12.6. The minimum Gasteiger partial charge on any atom is -0.309 e. The first-order valence-corrected chi connectivity index (χ1v) is 11.0. The lowest BCUT2D eigenvalue weighted by Gasteiger charge is -2.34. The number of aromatic amines is 1. The number of rotatable bonds is 4. The molecule has 3 heterocycles. The van der Waals surface area contributed by atoms with Gasteiger partial charge in [0.2, 0.25) is 0 Å². The van der Waals surface area contributed by atoms with E-state index in [0.29, 0.717) is 12.1 Å². The fraction of sp³-hybridized carbons (Fsp3) is 0.409. The molecule has 1 aromatic carbocycles. The number of nitrogens with one attached hydrogen (secondary N) is 1. The number of nitriles is 1. The van der Waals surface area contributed by atoms with Crippen LogP contribution in [-0.2, 0) is 25.9 Å². The molecule has 2 aliphatic rings. The predicted octanol–water partition coefficient (Wildman–Crippen LogP) is 2.66. The Balaban J connectivity index is 1.21. The summed E-state index contributed by atoms with van der Waals surface area (Å²) in [5.41, 5.74) is 3.21. The van der Waals surface area contributed by atoms with Crippen LogP contribution < -0.4 is 5.56 Å². The second-order valence-corrected chi connectivity index (χ2v) is 8.99. The second kappa shape index (κ2) is 7.71. The van der Waals surface area contributed by atoms with E-state index in [4.69, 9.17) is 10.2 Å². The molecular formula is C22H23N5OS. The van der Waals surface area contributed by atoms with E-state index in [-0.39, 0.29) is 5.56 Å². The van der Waals surface area contributed by atoms with Crippen molar-refractivity contribution in [2.24, 2.45) is 0 Å². The zero-order valence-corrected chi connectivity index (χ0v) is 17.1. The van der Waals surface area contributed by atoms with E-state index in [9.17, 15) is 4.79 Å². The Bertz CT molecular complexity index is 1130. The minimum atomic E-state index is 0.0313. The Morgan fingerprint density at radius 3 is 2.52 bits per heavy atom. The lowest BCUT2D eigenvalue weighted by atomic mass is 10.1. The van der Waals surface area contributed by atoms with Gasteiger partial charge in [0.25, 0.3) is 5.56 Å². The molecule has 1 N–H and O–H groups in total. The largest absolute Gasteiger partial charge is 0.309 e. The number of nitrogens with zero attached hydrogens (tertiary/aromatic N) is 4. The molecule has 1 fully saturated rings. The highest BCUT2D eigenvalue weighted by Gasteiger charge is 2.22. The van der Waals surface area contributed by atoms with E-state index >= 15 is 0 Å². The molecule has 0 saturated carbocycles. The van der Waals surface area contributed by atoms with E-state index in [1.54, 1.807) is 11.3 Å². The first kappa shape index (κ1) is 18.5. The topological polar surface area (TPSA) is 76.0 Å². The van der Waals surface area contributed by atoms with Crippen LogP contribution in [0.2, 0.25) is 0 Å². The minimum absolute atomic E-state index is 0.0313. The highest BCUT2D eigenvalue weighted by atomic mass is 32.1. The number of thiophene rings is 1. The zero-order valence-electron chi connectivity index (χ0n) is 16.3. The van der Waals surface area contributed by atoms with Crippen molar-refractivity contribution in [2.45, 2.75) is 32.4 Å². The summed E-state index contributed by atoms with van der Waals surface area (Å²) in [4.78, 5) is 27.5. The Morgan fingerprint density at radius 1 is 1.07 bits per heavy atom. The van der Waals surface area contributed by atoms with Crippen molar-refractivity contribution >= 4 is 21.6 Å². The third-order valence-electron chi connectivity index (χ3n) is 5.95. The van der Waals surface area contributed by atoms with Gasteiger partial charge in [0.15, 0.2) is 0 Å². The molecule has 0 spiro atoms. The second-order valence-electron chi connectivity index (χ2n) is 7.91. The summed E-state index contributed by atoms with van der Waals surface area (Å²) in [6.45, 7) is 5.48. The SMILES string of the molecule is N#Cc1ccc(CN2CCN(Cc3nc4sc5c(c4c(=O)[nH]3)CCC5)CC2)cc1. The monoisotopic (exact) mass is 405 g/mol. The number of piperazine rings is 1. The van der Waals surface area contributed by atoms with Crippen molar-refractivity contribution in [1.82, 2.24) is 19.8 Å². The summed E-state index contributed by atoms with van der Waals surface area (Å²) >= 11 is 1.70. The van der Waals surface area contributed by atoms with Crippen molar-refractivity contribution in [3.63, 3.8) is 0 Å². The van der Waals surface area contributed by atoms with Gasteiger partial charge in [0.1, 0.15) is 10.7 Å². The Kier molecular flexibility index (Phi) is 4.92. The number of fused-ring (bicyclic) bond motifs is 3. The normalized spacial score (nSPS) is 17.5. The van der Waals surface area contributed by atoms with E-state index in [2.05, 4.69) is 20.9 Å². The van der Waals surface area contributed by atoms with Crippen LogP contribution in [0.5, 0.6) is 0 Å². The Hall–Kier alpha value is -2.53. The van der Waals surface area contributed by atoms with Gasteiger partial charge >= 0.3 is 0 Å². The first-order chi connectivity index (χ1) is 14.2. The number of aryl methyl sites for hydroxylation is 2. The highest BCUT2D eigenvalue weighted by molar-refractivity contribution is 7.18. The maximum atomic E-state index is 12.6. The average molecular weight is 406 g/mol. The molecule has 1 saturated heterocycles. The summed E-state index contributed by atoms with van der Waals surface area (Å²) in [5, 5.41) is 9.75. The summed E-state index contributed by atoms with van der Waals surface area (Å²) < 4.78 is 0. The summed E-state index contributed by atoms with van der Waals surface area (Å²) in [7, 11) is 0. The molecule has 1 aliphatic heterocycles. The fourth-order valence-electron chi connectivity index (χ4n) is 4.38. The molecule has 148 valence electrons. The smallest absolute Gasteiger partial charge is 0.259 e. The molecule has 5 rings (SSSR count). The lowest BCUT2D eigenvalue weighted by molar-refractivity contribution is 0.120. The number of hydrogen-bond donors (Lipinski definition) is 1. The highest BCUT2D eigenvalue weighted by Crippen LogP contribution is 2.34. The maximum Gasteiger partial charge on any atom is 0.259 e. The standard InChI is InChI=1S/C22H23N5OS/c23-12-15-4-6-16(7-5-15)13-26-8-10-27(11-9-26)14-19-24-21(28)20-17-2-1-3-18(17)29-22(20)25-19/h4-7H,1-3,8-11,13-14H2,(H,24,25,28).